The highest BCUT2D eigenvalue weighted by molar-refractivity contribution is 8.13. The summed E-state index contributed by atoms with van der Waals surface area (Å²) in [4.78, 5) is 0.0184. The van der Waals surface area contributed by atoms with Crippen LogP contribution in [-0.4, -0.2) is 28.4 Å². The van der Waals surface area contributed by atoms with Crippen LogP contribution in [0.25, 0.3) is 5.82 Å². The van der Waals surface area contributed by atoms with Crippen molar-refractivity contribution >= 4 is 19.7 Å². The van der Waals surface area contributed by atoms with Crippen molar-refractivity contribution in [3.05, 3.63) is 29.7 Å². The molecule has 2 rings (SSSR count). The molecule has 0 aliphatic carbocycles. The van der Waals surface area contributed by atoms with Gasteiger partial charge in [-0.25, -0.2) is 13.1 Å². The van der Waals surface area contributed by atoms with Crippen LogP contribution in [0.5, 0.6) is 0 Å². The first-order chi connectivity index (χ1) is 7.91. The maximum Gasteiger partial charge on any atom is 0.264 e. The normalized spacial score (nSPS) is 11.7. The van der Waals surface area contributed by atoms with Crippen molar-refractivity contribution in [3.63, 3.8) is 0 Å². The van der Waals surface area contributed by atoms with Gasteiger partial charge in [0, 0.05) is 16.9 Å². The van der Waals surface area contributed by atoms with Gasteiger partial charge < -0.3 is 0 Å². The fraction of sp³-hybridized carbons (Fsp3) is 0.222. The molecule has 2 heterocycles. The zero-order valence-electron chi connectivity index (χ0n) is 9.12. The second-order valence-corrected chi connectivity index (χ2v) is 5.93. The molecule has 0 N–H and O–H groups in total. The molecule has 0 amide bonds. The van der Waals surface area contributed by atoms with Crippen LogP contribution in [0, 0.1) is 13.8 Å². The maximum absolute atomic E-state index is 11.4. The fourth-order valence-electron chi connectivity index (χ4n) is 1.61. The van der Waals surface area contributed by atoms with Crippen LogP contribution in [0.2, 0.25) is 0 Å². The summed E-state index contributed by atoms with van der Waals surface area (Å²) < 4.78 is 24.2. The van der Waals surface area contributed by atoms with Crippen molar-refractivity contribution in [2.45, 2.75) is 18.7 Å². The Morgan fingerprint density at radius 2 is 2.06 bits per heavy atom. The van der Waals surface area contributed by atoms with Crippen LogP contribution in [0.15, 0.2) is 23.2 Å². The van der Waals surface area contributed by atoms with E-state index in [0.29, 0.717) is 17.2 Å². The Kier molecular flexibility index (Phi) is 2.88. The van der Waals surface area contributed by atoms with E-state index in [1.54, 1.807) is 26.0 Å². The molecule has 8 heteroatoms. The highest BCUT2D eigenvalue weighted by atomic mass is 35.7. The molecule has 0 unspecified atom stereocenters. The van der Waals surface area contributed by atoms with Gasteiger partial charge in [-0.3, -0.25) is 0 Å². The van der Waals surface area contributed by atoms with E-state index in [1.165, 1.54) is 10.9 Å². The summed E-state index contributed by atoms with van der Waals surface area (Å²) in [7, 11) is 1.54. The lowest BCUT2D eigenvalue weighted by Crippen LogP contribution is -2.03. The summed E-state index contributed by atoms with van der Waals surface area (Å²) in [6.45, 7) is 3.19. The number of nitrogens with zero attached hydrogens (tertiary/aromatic N) is 4. The van der Waals surface area contributed by atoms with Crippen molar-refractivity contribution in [1.29, 1.82) is 0 Å². The number of hydrogen-bond donors (Lipinski definition) is 0. The summed E-state index contributed by atoms with van der Waals surface area (Å²) in [5.41, 5.74) is 0.751. The Bertz CT molecular complexity index is 651. The van der Waals surface area contributed by atoms with Crippen LogP contribution >= 0.6 is 10.7 Å². The first-order valence-electron chi connectivity index (χ1n) is 4.70. The monoisotopic (exact) mass is 272 g/mol. The van der Waals surface area contributed by atoms with Gasteiger partial charge in [0.2, 0.25) is 0 Å². The van der Waals surface area contributed by atoms with Gasteiger partial charge in [0.25, 0.3) is 9.05 Å². The van der Waals surface area contributed by atoms with Gasteiger partial charge in [-0.15, -0.1) is 5.10 Å². The van der Waals surface area contributed by atoms with Gasteiger partial charge in [-0.05, 0) is 26.0 Å². The topological polar surface area (TPSA) is 77.7 Å². The molecule has 17 heavy (non-hydrogen) atoms. The fourth-order valence-corrected chi connectivity index (χ4v) is 3.11. The van der Waals surface area contributed by atoms with E-state index in [4.69, 9.17) is 10.7 Å². The molecule has 2 aromatic heterocycles. The van der Waals surface area contributed by atoms with Crippen molar-refractivity contribution in [2.24, 2.45) is 0 Å². The molecule has 0 saturated heterocycles. The molecular weight excluding hydrogens is 264 g/mol. The molecule has 0 radical (unpaired) electrons. The predicted octanol–water partition coefficient (Wildman–Crippen LogP) is 1.21. The first-order valence-corrected chi connectivity index (χ1v) is 7.01. The molecule has 2 aromatic rings. The van der Waals surface area contributed by atoms with Crippen molar-refractivity contribution in [3.8, 4) is 5.82 Å². The van der Waals surface area contributed by atoms with Crippen LogP contribution in [-0.2, 0) is 9.05 Å². The van der Waals surface area contributed by atoms with Crippen LogP contribution < -0.4 is 0 Å². The van der Waals surface area contributed by atoms with E-state index < -0.39 is 9.05 Å². The summed E-state index contributed by atoms with van der Waals surface area (Å²) in [6.07, 6.45) is 1.52. The predicted molar refractivity (Wildman–Crippen MR) is 61.7 cm³/mol. The smallest absolute Gasteiger partial charge is 0.216 e. The summed E-state index contributed by atoms with van der Waals surface area (Å²) in [5.74, 6) is 0.444. The highest BCUT2D eigenvalue weighted by Crippen LogP contribution is 2.24. The minimum absolute atomic E-state index is 0.0184. The number of halogens is 1. The minimum atomic E-state index is -3.81. The minimum Gasteiger partial charge on any atom is -0.216 e. The Morgan fingerprint density at radius 1 is 1.35 bits per heavy atom. The van der Waals surface area contributed by atoms with Gasteiger partial charge in [0.1, 0.15) is 4.90 Å². The van der Waals surface area contributed by atoms with E-state index in [1.807, 2.05) is 0 Å². The molecule has 0 aliphatic heterocycles. The standard InChI is InChI=1S/C9H9ClN4O2S/c1-6-9(17(10,15)16)7(2)14(13-6)8-4-3-5-11-12-8/h3-5H,1-2H3. The molecular formula is C9H9ClN4O2S. The molecule has 0 bridgehead atoms. The molecule has 0 fully saturated rings. The zero-order valence-corrected chi connectivity index (χ0v) is 10.7. The molecule has 0 spiro atoms. The summed E-state index contributed by atoms with van der Waals surface area (Å²) in [6, 6.07) is 3.37. The van der Waals surface area contributed by atoms with Gasteiger partial charge >= 0.3 is 0 Å². The Hall–Kier alpha value is -1.47. The quantitative estimate of drug-likeness (QED) is 0.768. The SMILES string of the molecule is Cc1nn(-c2cccnn2)c(C)c1S(=O)(=O)Cl. The van der Waals surface area contributed by atoms with Crippen molar-refractivity contribution < 1.29 is 8.42 Å². The zero-order chi connectivity index (χ0) is 12.6. The third-order valence-electron chi connectivity index (χ3n) is 2.24. The average Bonchev–Trinajstić information content (AvgIpc) is 2.54. The Balaban J connectivity index is 2.69. The summed E-state index contributed by atoms with van der Waals surface area (Å²) in [5, 5.41) is 11.7. The number of rotatable bonds is 2. The van der Waals surface area contributed by atoms with Gasteiger partial charge in [0.15, 0.2) is 5.82 Å². The summed E-state index contributed by atoms with van der Waals surface area (Å²) >= 11 is 0. The Morgan fingerprint density at radius 3 is 2.53 bits per heavy atom. The lowest BCUT2D eigenvalue weighted by molar-refractivity contribution is 0.608. The number of hydrogen-bond acceptors (Lipinski definition) is 5. The van der Waals surface area contributed by atoms with Crippen LogP contribution in [0.1, 0.15) is 11.4 Å². The van der Waals surface area contributed by atoms with Crippen LogP contribution in [0.3, 0.4) is 0 Å². The lowest BCUT2D eigenvalue weighted by Gasteiger charge is -2.01. The van der Waals surface area contributed by atoms with Gasteiger partial charge in [0.05, 0.1) is 11.4 Å². The van der Waals surface area contributed by atoms with E-state index in [0.717, 1.165) is 0 Å². The number of aromatic nitrogens is 4. The van der Waals surface area contributed by atoms with E-state index in [-0.39, 0.29) is 4.90 Å². The van der Waals surface area contributed by atoms with E-state index in [9.17, 15) is 8.42 Å². The second kappa shape index (κ2) is 4.08. The third kappa shape index (κ3) is 2.16. The molecule has 0 atom stereocenters. The molecule has 6 nitrogen and oxygen atoms in total. The third-order valence-corrected chi connectivity index (χ3v) is 3.79. The lowest BCUT2D eigenvalue weighted by atomic mass is 10.4. The van der Waals surface area contributed by atoms with E-state index in [2.05, 4.69) is 15.3 Å². The van der Waals surface area contributed by atoms with Crippen molar-refractivity contribution in [1.82, 2.24) is 20.0 Å². The second-order valence-electron chi connectivity index (χ2n) is 3.43. The number of aryl methyl sites for hydroxylation is 1. The largest absolute Gasteiger partial charge is 0.264 e. The average molecular weight is 273 g/mol. The maximum atomic E-state index is 11.4. The van der Waals surface area contributed by atoms with Gasteiger partial charge in [-0.1, -0.05) is 0 Å². The highest BCUT2D eigenvalue weighted by Gasteiger charge is 2.23. The Labute approximate surface area is 103 Å². The first kappa shape index (κ1) is 12.0. The van der Waals surface area contributed by atoms with E-state index >= 15 is 0 Å². The molecule has 0 saturated carbocycles. The van der Waals surface area contributed by atoms with Crippen LogP contribution in [0.4, 0.5) is 0 Å². The van der Waals surface area contributed by atoms with Gasteiger partial charge in [-0.2, -0.15) is 10.2 Å². The van der Waals surface area contributed by atoms with Crippen molar-refractivity contribution in [2.75, 3.05) is 0 Å². The molecule has 0 aliphatic rings. The molecule has 90 valence electrons. The molecule has 0 aromatic carbocycles.